The zero-order chi connectivity index (χ0) is 11.5. The Morgan fingerprint density at radius 1 is 0.875 bits per heavy atom. The Morgan fingerprint density at radius 3 is 2.25 bits per heavy atom. The second-order valence-corrected chi connectivity index (χ2v) is 6.09. The van der Waals surface area contributed by atoms with Crippen LogP contribution in [0.25, 0.3) is 0 Å². The van der Waals surface area contributed by atoms with Crippen molar-refractivity contribution in [3.8, 4) is 5.75 Å². The second-order valence-electron chi connectivity index (χ2n) is 3.75. The van der Waals surface area contributed by atoms with Gasteiger partial charge in [0.1, 0.15) is 0 Å². The van der Waals surface area contributed by atoms with Gasteiger partial charge in [0, 0.05) is 0 Å². The van der Waals surface area contributed by atoms with Crippen molar-refractivity contribution >= 4 is 23.9 Å². The summed E-state index contributed by atoms with van der Waals surface area (Å²) in [5.41, 5.74) is 2.21. The van der Waals surface area contributed by atoms with Crippen molar-refractivity contribution in [2.24, 2.45) is 0 Å². The SMILES string of the molecule is Cc1c(O)ccc([Se]c2ccccc2)c1C. The Morgan fingerprint density at radius 2 is 1.56 bits per heavy atom. The van der Waals surface area contributed by atoms with Crippen LogP contribution in [0.2, 0.25) is 0 Å². The number of hydrogen-bond donors (Lipinski definition) is 1. The standard InChI is InChI=1S/C14H14OSe/c1-10-11(2)14(9-8-13(10)15)16-12-6-4-3-5-7-12/h3-9,15H,1-2H3. The minimum atomic E-state index is 0.323. The first-order valence-corrected chi connectivity index (χ1v) is 6.92. The van der Waals surface area contributed by atoms with Crippen molar-refractivity contribution in [1.82, 2.24) is 0 Å². The molecule has 82 valence electrons. The van der Waals surface area contributed by atoms with Crippen LogP contribution in [0.4, 0.5) is 0 Å². The van der Waals surface area contributed by atoms with Crippen molar-refractivity contribution in [3.63, 3.8) is 0 Å². The summed E-state index contributed by atoms with van der Waals surface area (Å²) in [6.45, 7) is 4.05. The quantitative estimate of drug-likeness (QED) is 0.828. The van der Waals surface area contributed by atoms with E-state index in [-0.39, 0.29) is 0 Å². The van der Waals surface area contributed by atoms with Crippen molar-refractivity contribution in [1.29, 1.82) is 0 Å². The van der Waals surface area contributed by atoms with Gasteiger partial charge in [-0.1, -0.05) is 0 Å². The fourth-order valence-electron chi connectivity index (χ4n) is 1.51. The molecule has 0 aliphatic carbocycles. The van der Waals surface area contributed by atoms with Gasteiger partial charge in [-0.05, 0) is 0 Å². The average molecular weight is 277 g/mol. The Bertz CT molecular complexity index is 492. The molecular formula is C14H14OSe. The fourth-order valence-corrected chi connectivity index (χ4v) is 3.58. The summed E-state index contributed by atoms with van der Waals surface area (Å²) in [6.07, 6.45) is 0. The van der Waals surface area contributed by atoms with Crippen LogP contribution in [0.15, 0.2) is 42.5 Å². The van der Waals surface area contributed by atoms with Gasteiger partial charge in [0.2, 0.25) is 0 Å². The molecule has 1 nitrogen and oxygen atoms in total. The summed E-state index contributed by atoms with van der Waals surface area (Å²) < 4.78 is 2.71. The molecule has 0 aromatic heterocycles. The van der Waals surface area contributed by atoms with Gasteiger partial charge in [0.05, 0.1) is 0 Å². The predicted molar refractivity (Wildman–Crippen MR) is 69.0 cm³/mol. The molecule has 2 heteroatoms. The summed E-state index contributed by atoms with van der Waals surface area (Å²) in [5.74, 6) is 0.394. The monoisotopic (exact) mass is 278 g/mol. The number of rotatable bonds is 2. The van der Waals surface area contributed by atoms with E-state index in [9.17, 15) is 5.11 Å². The molecule has 0 spiro atoms. The summed E-state index contributed by atoms with van der Waals surface area (Å²) in [5, 5.41) is 9.60. The molecule has 16 heavy (non-hydrogen) atoms. The molecule has 0 unspecified atom stereocenters. The molecule has 0 aliphatic heterocycles. The Kier molecular flexibility index (Phi) is 3.33. The maximum absolute atomic E-state index is 9.60. The number of aromatic hydroxyl groups is 1. The number of hydrogen-bond acceptors (Lipinski definition) is 1. The molecule has 0 saturated heterocycles. The van der Waals surface area contributed by atoms with Gasteiger partial charge in [-0.2, -0.15) is 0 Å². The van der Waals surface area contributed by atoms with Crippen molar-refractivity contribution in [2.75, 3.05) is 0 Å². The van der Waals surface area contributed by atoms with E-state index in [0.717, 1.165) is 5.56 Å². The van der Waals surface area contributed by atoms with Crippen LogP contribution in [0, 0.1) is 13.8 Å². The van der Waals surface area contributed by atoms with Crippen molar-refractivity contribution in [3.05, 3.63) is 53.6 Å². The van der Waals surface area contributed by atoms with Gasteiger partial charge in [-0.3, -0.25) is 0 Å². The predicted octanol–water partition coefficient (Wildman–Crippen LogP) is 1.66. The molecule has 0 amide bonds. The van der Waals surface area contributed by atoms with E-state index in [1.807, 2.05) is 19.1 Å². The molecular weight excluding hydrogens is 263 g/mol. The van der Waals surface area contributed by atoms with Crippen molar-refractivity contribution < 1.29 is 5.11 Å². The van der Waals surface area contributed by atoms with E-state index < -0.39 is 0 Å². The van der Waals surface area contributed by atoms with E-state index >= 15 is 0 Å². The minimum absolute atomic E-state index is 0.323. The van der Waals surface area contributed by atoms with Crippen LogP contribution >= 0.6 is 0 Å². The van der Waals surface area contributed by atoms with E-state index in [1.165, 1.54) is 14.5 Å². The van der Waals surface area contributed by atoms with Crippen LogP contribution in [-0.4, -0.2) is 20.1 Å². The Balaban J connectivity index is 2.33. The molecule has 0 radical (unpaired) electrons. The molecule has 1 N–H and O–H groups in total. The zero-order valence-electron chi connectivity index (χ0n) is 9.40. The van der Waals surface area contributed by atoms with Crippen LogP contribution in [-0.2, 0) is 0 Å². The van der Waals surface area contributed by atoms with E-state index in [1.54, 1.807) is 6.07 Å². The topological polar surface area (TPSA) is 20.2 Å². The summed E-state index contributed by atoms with van der Waals surface area (Å²) in [6, 6.07) is 14.3. The first-order chi connectivity index (χ1) is 7.68. The van der Waals surface area contributed by atoms with Crippen LogP contribution in [0.1, 0.15) is 11.1 Å². The Labute approximate surface area is 102 Å². The Hall–Kier alpha value is -1.24. The van der Waals surface area contributed by atoms with Gasteiger partial charge in [0.25, 0.3) is 0 Å². The second kappa shape index (κ2) is 4.73. The van der Waals surface area contributed by atoms with Gasteiger partial charge < -0.3 is 0 Å². The number of phenols is 1. The molecule has 0 bridgehead atoms. The average Bonchev–Trinajstić information content (AvgIpc) is 2.31. The van der Waals surface area contributed by atoms with Crippen LogP contribution < -0.4 is 8.92 Å². The first-order valence-electron chi connectivity index (χ1n) is 5.20. The maximum atomic E-state index is 9.60. The molecule has 0 atom stereocenters. The third-order valence-corrected chi connectivity index (χ3v) is 5.13. The van der Waals surface area contributed by atoms with Crippen LogP contribution in [0.3, 0.4) is 0 Å². The van der Waals surface area contributed by atoms with Crippen molar-refractivity contribution in [2.45, 2.75) is 13.8 Å². The van der Waals surface area contributed by atoms with E-state index in [0.29, 0.717) is 20.7 Å². The number of phenolic OH excluding ortho intramolecular Hbond substituents is 1. The summed E-state index contributed by atoms with van der Waals surface area (Å²) in [7, 11) is 0. The molecule has 0 fully saturated rings. The van der Waals surface area contributed by atoms with Gasteiger partial charge in [-0.15, -0.1) is 0 Å². The summed E-state index contributed by atoms with van der Waals surface area (Å²) >= 11 is 0.323. The molecule has 2 aromatic carbocycles. The number of benzene rings is 2. The summed E-state index contributed by atoms with van der Waals surface area (Å²) in [4.78, 5) is 0. The zero-order valence-corrected chi connectivity index (χ0v) is 11.1. The third kappa shape index (κ3) is 2.29. The molecule has 2 aromatic rings. The van der Waals surface area contributed by atoms with Gasteiger partial charge in [-0.25, -0.2) is 0 Å². The molecule has 0 heterocycles. The normalized spacial score (nSPS) is 10.4. The third-order valence-electron chi connectivity index (χ3n) is 2.68. The molecule has 0 aliphatic rings. The van der Waals surface area contributed by atoms with Crippen LogP contribution in [0.5, 0.6) is 5.75 Å². The molecule has 2 rings (SSSR count). The van der Waals surface area contributed by atoms with Gasteiger partial charge >= 0.3 is 102 Å². The molecule has 0 saturated carbocycles. The first kappa shape index (κ1) is 11.3. The van der Waals surface area contributed by atoms with E-state index in [4.69, 9.17) is 0 Å². The van der Waals surface area contributed by atoms with Gasteiger partial charge in [0.15, 0.2) is 0 Å². The van der Waals surface area contributed by atoms with E-state index in [2.05, 4.69) is 31.2 Å². The fraction of sp³-hybridized carbons (Fsp3) is 0.143.